The number of nitrogens with zero attached hydrogens (tertiary/aromatic N) is 3. The number of hydrogen-bond donors (Lipinski definition) is 0. The van der Waals surface area contributed by atoms with Gasteiger partial charge in [0.25, 0.3) is 0 Å². The van der Waals surface area contributed by atoms with E-state index in [1.807, 2.05) is 6.07 Å². The van der Waals surface area contributed by atoms with Crippen molar-refractivity contribution in [2.45, 2.75) is 42.4 Å². The third-order valence-corrected chi connectivity index (χ3v) is 6.26. The number of methoxy groups -OCH3 is 1. The van der Waals surface area contributed by atoms with E-state index >= 15 is 0 Å². The molecule has 1 fully saturated rings. The van der Waals surface area contributed by atoms with E-state index in [-0.39, 0.29) is 18.2 Å². The predicted octanol–water partition coefficient (Wildman–Crippen LogP) is 3.26. The number of carbonyl (C=O) groups is 2. The lowest BCUT2D eigenvalue weighted by atomic mass is 9.95. The van der Waals surface area contributed by atoms with Crippen LogP contribution in [0.1, 0.15) is 36.1 Å². The Labute approximate surface area is 167 Å². The number of nitriles is 1. The second-order valence-electron chi connectivity index (χ2n) is 6.84. The van der Waals surface area contributed by atoms with Crippen LogP contribution in [0.25, 0.3) is 0 Å². The van der Waals surface area contributed by atoms with Crippen molar-refractivity contribution < 1.29 is 14.3 Å². The highest BCUT2D eigenvalue weighted by atomic mass is 32.2. The van der Waals surface area contributed by atoms with E-state index in [0.717, 1.165) is 36.9 Å². The van der Waals surface area contributed by atoms with Gasteiger partial charge in [-0.15, -0.1) is 0 Å². The van der Waals surface area contributed by atoms with Crippen LogP contribution >= 0.6 is 11.8 Å². The molecule has 0 saturated carbocycles. The third-order valence-electron chi connectivity index (χ3n) is 5.08. The molecule has 1 aromatic heterocycles. The van der Waals surface area contributed by atoms with Gasteiger partial charge >= 0.3 is 0 Å². The molecule has 6 nitrogen and oxygen atoms in total. The molecule has 1 aliphatic carbocycles. The number of ether oxygens (including phenoxy) is 1. The fraction of sp³-hybridized carbons (Fsp3) is 0.333. The lowest BCUT2D eigenvalue weighted by Crippen LogP contribution is -2.31. The Morgan fingerprint density at radius 2 is 1.96 bits per heavy atom. The van der Waals surface area contributed by atoms with E-state index in [1.54, 1.807) is 31.4 Å². The number of fused-ring (bicyclic) bond motifs is 1. The number of carbonyl (C=O) groups excluding carboxylic acids is 2. The maximum absolute atomic E-state index is 12.9. The Kier molecular flexibility index (Phi) is 5.05. The summed E-state index contributed by atoms with van der Waals surface area (Å²) in [6.45, 7) is 0. The van der Waals surface area contributed by atoms with Crippen LogP contribution in [0.2, 0.25) is 0 Å². The predicted molar refractivity (Wildman–Crippen MR) is 105 cm³/mol. The molecule has 2 heterocycles. The average molecular weight is 393 g/mol. The lowest BCUT2D eigenvalue weighted by Gasteiger charge is -2.18. The zero-order valence-electron chi connectivity index (χ0n) is 15.5. The maximum atomic E-state index is 12.9. The molecule has 0 radical (unpaired) electrons. The third kappa shape index (κ3) is 3.36. The van der Waals surface area contributed by atoms with Crippen molar-refractivity contribution in [2.75, 3.05) is 12.0 Å². The van der Waals surface area contributed by atoms with E-state index in [0.29, 0.717) is 22.0 Å². The van der Waals surface area contributed by atoms with Gasteiger partial charge in [0.05, 0.1) is 23.6 Å². The van der Waals surface area contributed by atoms with Crippen LogP contribution in [0, 0.1) is 11.3 Å². The largest absolute Gasteiger partial charge is 0.497 e. The molecule has 2 amide bonds. The minimum absolute atomic E-state index is 0.0964. The summed E-state index contributed by atoms with van der Waals surface area (Å²) in [4.78, 5) is 31.3. The maximum Gasteiger partial charge on any atom is 0.247 e. The summed E-state index contributed by atoms with van der Waals surface area (Å²) in [7, 11) is 1.56. The summed E-state index contributed by atoms with van der Waals surface area (Å²) in [5.74, 6) is 0.137. The molecule has 1 aromatic carbocycles. The SMILES string of the molecule is COc1ccc(N2C(=O)C[C@H](Sc3nc4c(cc3C#N)CCCC4)C2=O)cc1. The second-order valence-corrected chi connectivity index (χ2v) is 8.03. The Morgan fingerprint density at radius 3 is 2.68 bits per heavy atom. The highest BCUT2D eigenvalue weighted by Gasteiger charge is 2.40. The van der Waals surface area contributed by atoms with Crippen molar-refractivity contribution in [2.24, 2.45) is 0 Å². The quantitative estimate of drug-likeness (QED) is 0.742. The Morgan fingerprint density at radius 1 is 1.21 bits per heavy atom. The highest BCUT2D eigenvalue weighted by Crippen LogP contribution is 2.36. The molecule has 1 aliphatic heterocycles. The summed E-state index contributed by atoms with van der Waals surface area (Å²) in [5.41, 5.74) is 3.14. The molecule has 7 heteroatoms. The van der Waals surface area contributed by atoms with Crippen LogP contribution in [0.4, 0.5) is 5.69 Å². The van der Waals surface area contributed by atoms with Crippen LogP contribution < -0.4 is 9.64 Å². The molecule has 0 N–H and O–H groups in total. The van der Waals surface area contributed by atoms with Crippen molar-refractivity contribution in [1.82, 2.24) is 4.98 Å². The van der Waals surface area contributed by atoms with E-state index in [2.05, 4.69) is 11.1 Å². The van der Waals surface area contributed by atoms with E-state index in [1.165, 1.54) is 16.7 Å². The summed E-state index contributed by atoms with van der Waals surface area (Å²) in [5, 5.41) is 9.49. The van der Waals surface area contributed by atoms with Crippen LogP contribution in [0.15, 0.2) is 35.4 Å². The van der Waals surface area contributed by atoms with Crippen molar-refractivity contribution in [3.05, 3.63) is 47.2 Å². The number of imide groups is 1. The molecule has 4 rings (SSSR count). The molecule has 142 valence electrons. The first-order valence-corrected chi connectivity index (χ1v) is 10.1. The molecule has 2 aliphatic rings. The number of thioether (sulfide) groups is 1. The highest BCUT2D eigenvalue weighted by molar-refractivity contribution is 8.00. The Hall–Kier alpha value is -2.85. The van der Waals surface area contributed by atoms with Gasteiger partial charge in [-0.2, -0.15) is 5.26 Å². The summed E-state index contributed by atoms with van der Waals surface area (Å²) in [6, 6.07) is 10.9. The van der Waals surface area contributed by atoms with Gasteiger partial charge in [0.2, 0.25) is 11.8 Å². The minimum atomic E-state index is -0.573. The topological polar surface area (TPSA) is 83.3 Å². The zero-order valence-corrected chi connectivity index (χ0v) is 16.3. The second kappa shape index (κ2) is 7.64. The van der Waals surface area contributed by atoms with E-state index in [9.17, 15) is 14.9 Å². The van der Waals surface area contributed by atoms with Crippen molar-refractivity contribution in [1.29, 1.82) is 5.26 Å². The number of anilines is 1. The van der Waals surface area contributed by atoms with Gasteiger partial charge in [0.1, 0.15) is 16.8 Å². The number of pyridine rings is 1. The van der Waals surface area contributed by atoms with Gasteiger partial charge in [-0.1, -0.05) is 11.8 Å². The van der Waals surface area contributed by atoms with Crippen molar-refractivity contribution >= 4 is 29.3 Å². The van der Waals surface area contributed by atoms with Gasteiger partial charge in [0, 0.05) is 12.1 Å². The van der Waals surface area contributed by atoms with E-state index in [4.69, 9.17) is 4.74 Å². The molecule has 1 saturated heterocycles. The lowest BCUT2D eigenvalue weighted by molar-refractivity contribution is -0.121. The fourth-order valence-corrected chi connectivity index (χ4v) is 4.71. The van der Waals surface area contributed by atoms with Crippen LogP contribution in [-0.2, 0) is 22.4 Å². The molecular weight excluding hydrogens is 374 g/mol. The van der Waals surface area contributed by atoms with Crippen LogP contribution in [0.3, 0.4) is 0 Å². The van der Waals surface area contributed by atoms with Gasteiger partial charge in [-0.05, 0) is 61.6 Å². The van der Waals surface area contributed by atoms with Gasteiger partial charge < -0.3 is 4.74 Å². The van der Waals surface area contributed by atoms with Crippen LogP contribution in [0.5, 0.6) is 5.75 Å². The van der Waals surface area contributed by atoms with E-state index < -0.39 is 5.25 Å². The summed E-state index contributed by atoms with van der Waals surface area (Å²) in [6.07, 6.45) is 4.12. The first-order chi connectivity index (χ1) is 13.6. The monoisotopic (exact) mass is 393 g/mol. The molecule has 0 bridgehead atoms. The number of aromatic nitrogens is 1. The van der Waals surface area contributed by atoms with Crippen molar-refractivity contribution in [3.8, 4) is 11.8 Å². The minimum Gasteiger partial charge on any atom is -0.497 e. The molecule has 2 aromatic rings. The van der Waals surface area contributed by atoms with Gasteiger partial charge in [0.15, 0.2) is 0 Å². The van der Waals surface area contributed by atoms with Gasteiger partial charge in [-0.3, -0.25) is 9.59 Å². The molecule has 28 heavy (non-hydrogen) atoms. The molecular formula is C21H19N3O3S. The number of rotatable bonds is 4. The Bertz CT molecular complexity index is 982. The van der Waals surface area contributed by atoms with Crippen LogP contribution in [-0.4, -0.2) is 29.2 Å². The number of benzene rings is 1. The Balaban J connectivity index is 1.58. The first kappa shape index (κ1) is 18.5. The normalized spacial score (nSPS) is 18.7. The molecule has 1 atom stereocenters. The molecule has 0 unspecified atom stereocenters. The number of aryl methyl sites for hydroxylation is 2. The smallest absolute Gasteiger partial charge is 0.247 e. The zero-order chi connectivity index (χ0) is 19.7. The van der Waals surface area contributed by atoms with Gasteiger partial charge in [-0.25, -0.2) is 9.88 Å². The molecule has 0 spiro atoms. The fourth-order valence-electron chi connectivity index (χ4n) is 3.62. The summed E-state index contributed by atoms with van der Waals surface area (Å²) < 4.78 is 5.13. The van der Waals surface area contributed by atoms with Crippen molar-refractivity contribution in [3.63, 3.8) is 0 Å². The number of hydrogen-bond acceptors (Lipinski definition) is 6. The average Bonchev–Trinajstić information content (AvgIpc) is 3.00. The number of amides is 2. The standard InChI is InChI=1S/C21H19N3O3S/c1-27-16-8-6-15(7-9-16)24-19(25)11-18(21(24)26)28-20-14(12-22)10-13-4-2-3-5-17(13)23-20/h6-10,18H,2-5,11H2,1H3/t18-/m0/s1. The summed E-state index contributed by atoms with van der Waals surface area (Å²) >= 11 is 1.22. The first-order valence-electron chi connectivity index (χ1n) is 9.21.